The van der Waals surface area contributed by atoms with E-state index >= 15 is 0 Å². The predicted octanol–water partition coefficient (Wildman–Crippen LogP) is 1.85. The molecule has 2 saturated carbocycles. The van der Waals surface area contributed by atoms with Gasteiger partial charge in [-0.1, -0.05) is 12.2 Å². The van der Waals surface area contributed by atoms with E-state index in [0.29, 0.717) is 17.4 Å². The van der Waals surface area contributed by atoms with Gasteiger partial charge in [0.25, 0.3) is 0 Å². The number of likely N-dealkylation sites (tertiary alicyclic amines) is 1. The Morgan fingerprint density at radius 2 is 1.56 bits per heavy atom. The summed E-state index contributed by atoms with van der Waals surface area (Å²) in [4.78, 5) is 50.3. The van der Waals surface area contributed by atoms with E-state index in [1.807, 2.05) is 0 Å². The summed E-state index contributed by atoms with van der Waals surface area (Å²) >= 11 is 0. The number of esters is 1. The van der Waals surface area contributed by atoms with Gasteiger partial charge in [-0.15, -0.1) is 0 Å². The van der Waals surface area contributed by atoms with E-state index < -0.39 is 5.97 Å². The minimum atomic E-state index is -0.656. The Morgan fingerprint density at radius 3 is 2.07 bits per heavy atom. The Kier molecular flexibility index (Phi) is 3.41. The number of hydrogen-bond acceptors (Lipinski definition) is 5. The lowest BCUT2D eigenvalue weighted by molar-refractivity contribution is -0.148. The van der Waals surface area contributed by atoms with E-state index in [1.165, 1.54) is 19.1 Å². The monoisotopic (exact) mass is 365 g/mol. The molecule has 1 saturated heterocycles. The quantitative estimate of drug-likeness (QED) is 0.267. The third kappa shape index (κ3) is 2.39. The van der Waals surface area contributed by atoms with Gasteiger partial charge in [0.15, 0.2) is 5.78 Å². The molecule has 4 aliphatic carbocycles. The highest BCUT2D eigenvalue weighted by Gasteiger charge is 2.67. The number of carbonyl (C=O) groups excluding carboxylic acids is 4. The van der Waals surface area contributed by atoms with Crippen LogP contribution in [-0.4, -0.2) is 35.0 Å². The van der Waals surface area contributed by atoms with Crippen LogP contribution in [0.1, 0.15) is 23.7 Å². The molecule has 1 aromatic rings. The largest absolute Gasteiger partial charge is 0.425 e. The fourth-order valence-corrected chi connectivity index (χ4v) is 5.23. The standard InChI is InChI=1S/C21H19NO5/c1-10(23)11-2-4-12(5-3-11)27-17(24)9-22-20(25)18-13-6-7-14(16-8-15(13)16)19(18)21(22)26/h2-7,13-16,18-19H,8-9H2,1H3/t13-,14-,15-,16-,18+,19+/m0/s1. The van der Waals surface area contributed by atoms with Gasteiger partial charge in [-0.25, -0.2) is 4.79 Å². The zero-order chi connectivity index (χ0) is 18.9. The van der Waals surface area contributed by atoms with Gasteiger partial charge in [0.2, 0.25) is 11.8 Å². The van der Waals surface area contributed by atoms with Crippen LogP contribution in [0.2, 0.25) is 0 Å². The molecule has 1 aromatic carbocycles. The number of Topliss-reactive ketones (excluding diaryl/α,β-unsaturated/α-hetero) is 1. The van der Waals surface area contributed by atoms with Crippen molar-refractivity contribution in [2.75, 3.05) is 6.54 Å². The van der Waals surface area contributed by atoms with Gasteiger partial charge in [-0.05, 0) is 61.3 Å². The molecule has 0 aromatic heterocycles. The third-order valence-electron chi connectivity index (χ3n) is 6.53. The molecule has 1 aliphatic heterocycles. The van der Waals surface area contributed by atoms with E-state index in [0.717, 1.165) is 11.3 Å². The van der Waals surface area contributed by atoms with Crippen molar-refractivity contribution >= 4 is 23.6 Å². The SMILES string of the molecule is CC(=O)c1ccc(OC(=O)CN2C(=O)[C@@H]3[C@H]4C=C[C@@H]([C@@H]5C[C@@H]45)[C@H]3C2=O)cc1. The Balaban J connectivity index is 1.29. The molecule has 2 amide bonds. The molecule has 6 atom stereocenters. The number of amides is 2. The predicted molar refractivity (Wildman–Crippen MR) is 93.5 cm³/mol. The summed E-state index contributed by atoms with van der Waals surface area (Å²) in [7, 11) is 0. The lowest BCUT2D eigenvalue weighted by Gasteiger charge is -2.37. The lowest BCUT2D eigenvalue weighted by atomic mass is 9.63. The topological polar surface area (TPSA) is 80.8 Å². The second-order valence-corrected chi connectivity index (χ2v) is 7.97. The first-order valence-corrected chi connectivity index (χ1v) is 9.31. The molecule has 1 heterocycles. The number of ether oxygens (including phenoxy) is 1. The van der Waals surface area contributed by atoms with E-state index in [4.69, 9.17) is 4.74 Å². The third-order valence-corrected chi connectivity index (χ3v) is 6.53. The Hall–Kier alpha value is -2.76. The normalized spacial score (nSPS) is 35.1. The highest BCUT2D eigenvalue weighted by molar-refractivity contribution is 6.08. The summed E-state index contributed by atoms with van der Waals surface area (Å²) in [6, 6.07) is 6.20. The van der Waals surface area contributed by atoms with E-state index in [-0.39, 0.29) is 53.6 Å². The maximum Gasteiger partial charge on any atom is 0.331 e. The minimum Gasteiger partial charge on any atom is -0.425 e. The van der Waals surface area contributed by atoms with Gasteiger partial charge in [-0.2, -0.15) is 0 Å². The molecule has 6 rings (SSSR count). The molecule has 5 aliphatic rings. The van der Waals surface area contributed by atoms with Crippen LogP contribution in [0.3, 0.4) is 0 Å². The van der Waals surface area contributed by atoms with Gasteiger partial charge in [0, 0.05) is 5.56 Å². The van der Waals surface area contributed by atoms with E-state index in [2.05, 4.69) is 12.2 Å². The average Bonchev–Trinajstić information content (AvgIpc) is 3.43. The highest BCUT2D eigenvalue weighted by atomic mass is 16.5. The first kappa shape index (κ1) is 16.4. The molecule has 6 nitrogen and oxygen atoms in total. The summed E-state index contributed by atoms with van der Waals surface area (Å²) in [5, 5.41) is 0. The smallest absolute Gasteiger partial charge is 0.331 e. The van der Waals surface area contributed by atoms with Crippen molar-refractivity contribution in [3.63, 3.8) is 0 Å². The van der Waals surface area contributed by atoms with Crippen molar-refractivity contribution in [3.05, 3.63) is 42.0 Å². The van der Waals surface area contributed by atoms with Gasteiger partial charge >= 0.3 is 5.97 Å². The van der Waals surface area contributed by atoms with Crippen LogP contribution < -0.4 is 4.74 Å². The molecule has 3 fully saturated rings. The van der Waals surface area contributed by atoms with Crippen molar-refractivity contribution < 1.29 is 23.9 Å². The van der Waals surface area contributed by atoms with Crippen molar-refractivity contribution in [2.24, 2.45) is 35.5 Å². The minimum absolute atomic E-state index is 0.0787. The first-order valence-electron chi connectivity index (χ1n) is 9.31. The fraction of sp³-hybridized carbons (Fsp3) is 0.429. The van der Waals surface area contributed by atoms with Crippen LogP contribution in [0, 0.1) is 35.5 Å². The molecule has 0 N–H and O–H groups in total. The summed E-state index contributed by atoms with van der Waals surface area (Å²) in [6.45, 7) is 1.09. The number of imide groups is 1. The zero-order valence-corrected chi connectivity index (χ0v) is 14.8. The van der Waals surface area contributed by atoms with Gasteiger partial charge < -0.3 is 4.74 Å². The summed E-state index contributed by atoms with van der Waals surface area (Å²) < 4.78 is 5.25. The number of benzene rings is 1. The molecule has 0 radical (unpaired) electrons. The average molecular weight is 365 g/mol. The van der Waals surface area contributed by atoms with Crippen LogP contribution in [0.25, 0.3) is 0 Å². The van der Waals surface area contributed by atoms with Crippen molar-refractivity contribution in [1.82, 2.24) is 4.90 Å². The summed E-state index contributed by atoms with van der Waals surface area (Å²) in [6.07, 6.45) is 5.31. The summed E-state index contributed by atoms with van der Waals surface area (Å²) in [5.41, 5.74) is 0.519. The lowest BCUT2D eigenvalue weighted by Crippen LogP contribution is -2.40. The van der Waals surface area contributed by atoms with Gasteiger partial charge in [0.05, 0.1) is 11.8 Å². The van der Waals surface area contributed by atoms with Gasteiger partial charge in [-0.3, -0.25) is 19.3 Å². The molecule has 6 heteroatoms. The highest BCUT2D eigenvalue weighted by Crippen LogP contribution is 2.65. The Labute approximate surface area is 156 Å². The molecule has 0 spiro atoms. The van der Waals surface area contributed by atoms with E-state index in [9.17, 15) is 19.2 Å². The van der Waals surface area contributed by atoms with Crippen LogP contribution >= 0.6 is 0 Å². The molecule has 138 valence electrons. The maximum atomic E-state index is 12.8. The second-order valence-electron chi connectivity index (χ2n) is 7.97. The number of hydrogen-bond donors (Lipinski definition) is 0. The van der Waals surface area contributed by atoms with Crippen LogP contribution in [-0.2, 0) is 14.4 Å². The second kappa shape index (κ2) is 5.62. The number of allylic oxidation sites excluding steroid dienone is 2. The van der Waals surface area contributed by atoms with Crippen LogP contribution in [0.4, 0.5) is 0 Å². The Bertz CT molecular complexity index is 866. The van der Waals surface area contributed by atoms with Crippen LogP contribution in [0.15, 0.2) is 36.4 Å². The summed E-state index contributed by atoms with van der Waals surface area (Å²) in [5.74, 6) is -0.196. The number of ketones is 1. The zero-order valence-electron chi connectivity index (χ0n) is 14.8. The Morgan fingerprint density at radius 1 is 1.00 bits per heavy atom. The molecule has 0 unspecified atom stereocenters. The van der Waals surface area contributed by atoms with Crippen molar-refractivity contribution in [3.8, 4) is 5.75 Å². The number of rotatable bonds is 4. The van der Waals surface area contributed by atoms with Crippen molar-refractivity contribution in [1.29, 1.82) is 0 Å². The molecule has 2 bridgehead atoms. The van der Waals surface area contributed by atoms with Crippen molar-refractivity contribution in [2.45, 2.75) is 13.3 Å². The number of carbonyl (C=O) groups is 4. The fourth-order valence-electron chi connectivity index (χ4n) is 5.23. The van der Waals surface area contributed by atoms with Crippen LogP contribution in [0.5, 0.6) is 5.75 Å². The molecular weight excluding hydrogens is 346 g/mol. The number of nitrogens with zero attached hydrogens (tertiary/aromatic N) is 1. The molecule has 27 heavy (non-hydrogen) atoms. The first-order chi connectivity index (χ1) is 13.0. The van der Waals surface area contributed by atoms with Gasteiger partial charge in [0.1, 0.15) is 12.3 Å². The molecular formula is C21H19NO5. The maximum absolute atomic E-state index is 12.8. The van der Waals surface area contributed by atoms with E-state index in [1.54, 1.807) is 12.1 Å².